The van der Waals surface area contributed by atoms with Gasteiger partial charge in [-0.2, -0.15) is 0 Å². The summed E-state index contributed by atoms with van der Waals surface area (Å²) in [5.41, 5.74) is 4.16. The zero-order valence-corrected chi connectivity index (χ0v) is 14.2. The summed E-state index contributed by atoms with van der Waals surface area (Å²) in [7, 11) is -1.45. The molecule has 0 aliphatic heterocycles. The van der Waals surface area contributed by atoms with Gasteiger partial charge in [0.25, 0.3) is 5.91 Å². The van der Waals surface area contributed by atoms with E-state index in [0.29, 0.717) is 17.0 Å². The molecule has 0 saturated heterocycles. The van der Waals surface area contributed by atoms with Crippen LogP contribution in [0.4, 0.5) is 13.2 Å². The number of nitrogens with two attached hydrogens (primary N) is 1. The van der Waals surface area contributed by atoms with Crippen LogP contribution < -0.4 is 11.1 Å². The van der Waals surface area contributed by atoms with Crippen molar-refractivity contribution in [2.75, 3.05) is 5.75 Å². The second-order valence-electron chi connectivity index (χ2n) is 5.32. The van der Waals surface area contributed by atoms with E-state index in [1.165, 1.54) is 0 Å². The van der Waals surface area contributed by atoms with Gasteiger partial charge >= 0.3 is 0 Å². The molecule has 26 heavy (non-hydrogen) atoms. The molecule has 138 valence electrons. The molecule has 9 heteroatoms. The van der Waals surface area contributed by atoms with E-state index in [4.69, 9.17) is 5.73 Å². The fraction of sp³-hybridized carbons (Fsp3) is 0.176. The molecule has 0 aromatic heterocycles. The van der Waals surface area contributed by atoms with E-state index in [-0.39, 0.29) is 12.2 Å². The van der Waals surface area contributed by atoms with Crippen LogP contribution in [0.3, 0.4) is 0 Å². The van der Waals surface area contributed by atoms with Gasteiger partial charge in [-0.25, -0.2) is 13.2 Å². The molecular weight excluding hydrogens is 369 g/mol. The number of benzene rings is 2. The summed E-state index contributed by atoms with van der Waals surface area (Å²) in [5, 5.41) is 2.09. The van der Waals surface area contributed by atoms with E-state index in [0.717, 1.165) is 0 Å². The average molecular weight is 384 g/mol. The first-order chi connectivity index (χ1) is 12.3. The Bertz CT molecular complexity index is 823. The minimum atomic E-state index is -1.45. The SMILES string of the molecule is NC(=O)[C@@H](CC[S@@](=O)c1ccccc1)NC(=O)c1c(F)cc(F)cc1F. The molecule has 2 aromatic rings. The maximum absolute atomic E-state index is 13.6. The van der Waals surface area contributed by atoms with Gasteiger partial charge in [-0.1, -0.05) is 18.2 Å². The van der Waals surface area contributed by atoms with Gasteiger partial charge in [0.2, 0.25) is 5.91 Å². The van der Waals surface area contributed by atoms with Crippen molar-refractivity contribution in [2.24, 2.45) is 5.73 Å². The molecular formula is C17H15F3N2O3S. The number of primary amides is 1. The second-order valence-corrected chi connectivity index (χ2v) is 6.89. The Morgan fingerprint density at radius 2 is 1.65 bits per heavy atom. The molecule has 3 N–H and O–H groups in total. The van der Waals surface area contributed by atoms with Gasteiger partial charge in [0.1, 0.15) is 29.1 Å². The molecule has 2 rings (SSSR count). The van der Waals surface area contributed by atoms with Crippen molar-refractivity contribution in [2.45, 2.75) is 17.4 Å². The standard InChI is InChI=1S/C17H15F3N2O3S/c18-10-8-12(19)15(13(20)9-10)17(24)22-14(16(21)23)6-7-26(25)11-4-2-1-3-5-11/h1-5,8-9,14H,6-7H2,(H2,21,23)(H,22,24)/t14-,26-/m1/s1. The van der Waals surface area contributed by atoms with E-state index >= 15 is 0 Å². The summed E-state index contributed by atoms with van der Waals surface area (Å²) in [4.78, 5) is 24.1. The predicted molar refractivity (Wildman–Crippen MR) is 89.1 cm³/mol. The highest BCUT2D eigenvalue weighted by Gasteiger charge is 2.24. The molecule has 2 aromatic carbocycles. The number of halogens is 3. The third-order valence-corrected chi connectivity index (χ3v) is 4.89. The van der Waals surface area contributed by atoms with Crippen LogP contribution in [0.15, 0.2) is 47.4 Å². The van der Waals surface area contributed by atoms with Crippen LogP contribution in [0.25, 0.3) is 0 Å². The van der Waals surface area contributed by atoms with E-state index in [1.807, 2.05) is 0 Å². The molecule has 2 atom stereocenters. The van der Waals surface area contributed by atoms with Crippen molar-refractivity contribution in [1.82, 2.24) is 5.32 Å². The highest BCUT2D eigenvalue weighted by atomic mass is 32.2. The predicted octanol–water partition coefficient (Wildman–Crippen LogP) is 1.89. The van der Waals surface area contributed by atoms with Gasteiger partial charge < -0.3 is 11.1 Å². The Labute approximate surface area is 149 Å². The van der Waals surface area contributed by atoms with Gasteiger partial charge in [0, 0.05) is 22.8 Å². The molecule has 0 spiro atoms. The monoisotopic (exact) mass is 384 g/mol. The third kappa shape index (κ3) is 4.92. The summed E-state index contributed by atoms with van der Waals surface area (Å²) in [6.07, 6.45) is -0.104. The maximum Gasteiger partial charge on any atom is 0.257 e. The van der Waals surface area contributed by atoms with Crippen LogP contribution in [-0.4, -0.2) is 27.8 Å². The normalized spacial score (nSPS) is 13.0. The minimum Gasteiger partial charge on any atom is -0.368 e. The molecule has 0 unspecified atom stereocenters. The van der Waals surface area contributed by atoms with Gasteiger partial charge in [-0.15, -0.1) is 0 Å². The molecule has 0 heterocycles. The molecule has 2 amide bonds. The first kappa shape index (κ1) is 19.6. The quantitative estimate of drug-likeness (QED) is 0.764. The van der Waals surface area contributed by atoms with Crippen molar-refractivity contribution in [3.8, 4) is 0 Å². The Balaban J connectivity index is 2.08. The molecule has 0 fully saturated rings. The van der Waals surface area contributed by atoms with Crippen LogP contribution in [0.2, 0.25) is 0 Å². The number of hydrogen-bond acceptors (Lipinski definition) is 3. The van der Waals surface area contributed by atoms with E-state index in [2.05, 4.69) is 5.32 Å². The van der Waals surface area contributed by atoms with Crippen LogP contribution in [0.5, 0.6) is 0 Å². The number of rotatable bonds is 7. The van der Waals surface area contributed by atoms with Crippen LogP contribution in [0.1, 0.15) is 16.8 Å². The van der Waals surface area contributed by atoms with Crippen molar-refractivity contribution in [3.63, 3.8) is 0 Å². The molecule has 5 nitrogen and oxygen atoms in total. The van der Waals surface area contributed by atoms with Gasteiger partial charge in [-0.3, -0.25) is 13.8 Å². The zero-order chi connectivity index (χ0) is 19.3. The summed E-state index contributed by atoms with van der Waals surface area (Å²) in [5.74, 6) is -6.21. The van der Waals surface area contributed by atoms with Crippen molar-refractivity contribution < 1.29 is 27.0 Å². The molecule has 0 radical (unpaired) electrons. The van der Waals surface area contributed by atoms with E-state index in [9.17, 15) is 27.0 Å². The smallest absolute Gasteiger partial charge is 0.257 e. The third-order valence-electron chi connectivity index (χ3n) is 3.48. The number of amides is 2. The Morgan fingerprint density at radius 3 is 2.19 bits per heavy atom. The number of nitrogens with one attached hydrogen (secondary N) is 1. The van der Waals surface area contributed by atoms with Gasteiger partial charge in [0.05, 0.1) is 10.8 Å². The van der Waals surface area contributed by atoms with E-state index in [1.54, 1.807) is 30.3 Å². The summed E-state index contributed by atoms with van der Waals surface area (Å²) in [6, 6.07) is 7.82. The van der Waals surface area contributed by atoms with Crippen molar-refractivity contribution in [1.29, 1.82) is 0 Å². The Morgan fingerprint density at radius 1 is 1.08 bits per heavy atom. The Hall–Kier alpha value is -2.68. The summed E-state index contributed by atoms with van der Waals surface area (Å²) < 4.78 is 52.4. The van der Waals surface area contributed by atoms with Crippen LogP contribution in [-0.2, 0) is 15.6 Å². The maximum atomic E-state index is 13.6. The first-order valence-corrected chi connectivity index (χ1v) is 8.79. The highest BCUT2D eigenvalue weighted by molar-refractivity contribution is 7.85. The lowest BCUT2D eigenvalue weighted by Gasteiger charge is -2.16. The van der Waals surface area contributed by atoms with Crippen molar-refractivity contribution in [3.05, 3.63) is 65.5 Å². The Kier molecular flexibility index (Phi) is 6.51. The molecule has 0 saturated carbocycles. The first-order valence-electron chi connectivity index (χ1n) is 7.47. The highest BCUT2D eigenvalue weighted by Crippen LogP contribution is 2.15. The molecule has 0 aliphatic carbocycles. The number of carbonyl (C=O) groups excluding carboxylic acids is 2. The van der Waals surface area contributed by atoms with Gasteiger partial charge in [0.15, 0.2) is 0 Å². The lowest BCUT2D eigenvalue weighted by atomic mass is 10.1. The van der Waals surface area contributed by atoms with E-state index < -0.39 is 51.7 Å². The fourth-order valence-electron chi connectivity index (χ4n) is 2.19. The molecule has 0 bridgehead atoms. The largest absolute Gasteiger partial charge is 0.368 e. The minimum absolute atomic E-state index is 0.00766. The van der Waals surface area contributed by atoms with Crippen LogP contribution in [0, 0.1) is 17.5 Å². The fourth-order valence-corrected chi connectivity index (χ4v) is 3.34. The lowest BCUT2D eigenvalue weighted by molar-refractivity contribution is -0.119. The lowest BCUT2D eigenvalue weighted by Crippen LogP contribution is -2.45. The molecule has 0 aliphatic rings. The summed E-state index contributed by atoms with van der Waals surface area (Å²) >= 11 is 0. The van der Waals surface area contributed by atoms with Crippen molar-refractivity contribution >= 4 is 22.6 Å². The second kappa shape index (κ2) is 8.61. The van der Waals surface area contributed by atoms with Gasteiger partial charge in [-0.05, 0) is 18.6 Å². The number of carbonyl (C=O) groups is 2. The average Bonchev–Trinajstić information content (AvgIpc) is 2.57. The number of hydrogen-bond donors (Lipinski definition) is 2. The summed E-state index contributed by atoms with van der Waals surface area (Å²) in [6.45, 7) is 0. The zero-order valence-electron chi connectivity index (χ0n) is 13.4. The topological polar surface area (TPSA) is 89.3 Å². The van der Waals surface area contributed by atoms with Crippen LogP contribution >= 0.6 is 0 Å².